The number of hydrogen-bond acceptors (Lipinski definition) is 7. The van der Waals surface area contributed by atoms with Crippen molar-refractivity contribution in [3.05, 3.63) is 58.5 Å². The molecule has 1 aliphatic rings. The number of benzene rings is 2. The van der Waals surface area contributed by atoms with Crippen molar-refractivity contribution >= 4 is 40.3 Å². The van der Waals surface area contributed by atoms with Crippen molar-refractivity contribution in [1.29, 1.82) is 0 Å². The van der Waals surface area contributed by atoms with Gasteiger partial charge in [-0.1, -0.05) is 47.7 Å². The molecule has 0 radical (unpaired) electrons. The van der Waals surface area contributed by atoms with Gasteiger partial charge >= 0.3 is 0 Å². The first-order valence-electron chi connectivity index (χ1n) is 9.97. The van der Waals surface area contributed by atoms with Crippen LogP contribution in [0.25, 0.3) is 6.08 Å². The number of carbonyl (C=O) groups excluding carboxylic acids is 1. The van der Waals surface area contributed by atoms with Crippen molar-refractivity contribution in [2.75, 3.05) is 33.0 Å². The molecule has 1 amide bonds. The number of rotatable bonds is 11. The predicted octanol–water partition coefficient (Wildman–Crippen LogP) is 4.36. The fraction of sp³-hybridized carbons (Fsp3) is 0.304. The third-order valence-corrected chi connectivity index (χ3v) is 5.37. The summed E-state index contributed by atoms with van der Waals surface area (Å²) in [4.78, 5) is 12.4. The summed E-state index contributed by atoms with van der Waals surface area (Å²) in [6.45, 7) is 6.22. The molecule has 0 aromatic heterocycles. The standard InChI is InChI=1S/C23H25NO5S2/c1-3-27-20-14-17(15-21-22(25)24-23(30)31-21)6-9-19(20)29-13-11-26-10-12-28-18-7-4-16(2)5-8-18/h4-9,14-15H,3,10-13H2,1-2H3,(H,24,25,30)/b21-15-. The number of aryl methyl sites for hydroxylation is 1. The lowest BCUT2D eigenvalue weighted by molar-refractivity contribution is -0.115. The van der Waals surface area contributed by atoms with Gasteiger partial charge in [0.05, 0.1) is 24.7 Å². The zero-order chi connectivity index (χ0) is 22.1. The lowest BCUT2D eigenvalue weighted by Crippen LogP contribution is -2.17. The van der Waals surface area contributed by atoms with Gasteiger partial charge in [-0.25, -0.2) is 0 Å². The Morgan fingerprint density at radius 1 is 0.968 bits per heavy atom. The van der Waals surface area contributed by atoms with Crippen LogP contribution in [0.2, 0.25) is 0 Å². The van der Waals surface area contributed by atoms with Crippen LogP contribution >= 0.6 is 24.0 Å². The molecular weight excluding hydrogens is 434 g/mol. The number of thioether (sulfide) groups is 1. The highest BCUT2D eigenvalue weighted by atomic mass is 32.2. The molecule has 1 heterocycles. The molecule has 1 fully saturated rings. The molecule has 0 unspecified atom stereocenters. The predicted molar refractivity (Wildman–Crippen MR) is 127 cm³/mol. The molecule has 6 nitrogen and oxygen atoms in total. The average molecular weight is 460 g/mol. The van der Waals surface area contributed by atoms with Gasteiger partial charge < -0.3 is 24.3 Å². The zero-order valence-corrected chi connectivity index (χ0v) is 19.1. The third-order valence-electron chi connectivity index (χ3n) is 4.21. The first kappa shape index (κ1) is 23.1. The normalized spacial score (nSPS) is 14.6. The van der Waals surface area contributed by atoms with E-state index >= 15 is 0 Å². The Labute approximate surface area is 191 Å². The van der Waals surface area contributed by atoms with Crippen LogP contribution in [0.4, 0.5) is 0 Å². The maximum atomic E-state index is 11.8. The molecule has 0 saturated carbocycles. The van der Waals surface area contributed by atoms with Gasteiger partial charge in [0.1, 0.15) is 23.3 Å². The number of amides is 1. The monoisotopic (exact) mass is 459 g/mol. The van der Waals surface area contributed by atoms with Gasteiger partial charge in [-0.3, -0.25) is 4.79 Å². The summed E-state index contributed by atoms with van der Waals surface area (Å²) in [5.74, 6) is 1.89. The fourth-order valence-corrected chi connectivity index (χ4v) is 3.78. The van der Waals surface area contributed by atoms with Gasteiger partial charge in [0, 0.05) is 0 Å². The molecule has 2 aromatic carbocycles. The van der Waals surface area contributed by atoms with Crippen LogP contribution < -0.4 is 19.5 Å². The van der Waals surface area contributed by atoms with E-state index in [1.807, 2.05) is 56.3 Å². The summed E-state index contributed by atoms with van der Waals surface area (Å²) in [7, 11) is 0. The number of thiocarbonyl (C=S) groups is 1. The molecule has 1 saturated heterocycles. The summed E-state index contributed by atoms with van der Waals surface area (Å²) in [5, 5.41) is 2.61. The summed E-state index contributed by atoms with van der Waals surface area (Å²) in [6.07, 6.45) is 1.78. The fourth-order valence-electron chi connectivity index (χ4n) is 2.74. The molecule has 0 bridgehead atoms. The molecule has 1 N–H and O–H groups in total. The van der Waals surface area contributed by atoms with Crippen LogP contribution in [-0.2, 0) is 9.53 Å². The summed E-state index contributed by atoms with van der Waals surface area (Å²) < 4.78 is 23.2. The molecule has 3 rings (SSSR count). The molecule has 8 heteroatoms. The van der Waals surface area contributed by atoms with E-state index in [0.29, 0.717) is 53.8 Å². The van der Waals surface area contributed by atoms with Crippen molar-refractivity contribution in [3.63, 3.8) is 0 Å². The first-order valence-corrected chi connectivity index (χ1v) is 11.2. The molecule has 0 atom stereocenters. The van der Waals surface area contributed by atoms with Crippen molar-refractivity contribution in [2.24, 2.45) is 0 Å². The molecule has 31 heavy (non-hydrogen) atoms. The zero-order valence-electron chi connectivity index (χ0n) is 17.5. The number of ether oxygens (including phenoxy) is 4. The highest BCUT2D eigenvalue weighted by Crippen LogP contribution is 2.31. The number of hydrogen-bond donors (Lipinski definition) is 1. The molecule has 2 aromatic rings. The number of carbonyl (C=O) groups is 1. The summed E-state index contributed by atoms with van der Waals surface area (Å²) in [6, 6.07) is 13.5. The Balaban J connectivity index is 1.45. The van der Waals surface area contributed by atoms with E-state index in [2.05, 4.69) is 5.32 Å². The second kappa shape index (κ2) is 11.7. The minimum atomic E-state index is -0.184. The van der Waals surface area contributed by atoms with Crippen LogP contribution in [0, 0.1) is 6.92 Å². The van der Waals surface area contributed by atoms with E-state index in [1.54, 1.807) is 6.08 Å². The molecule has 0 spiro atoms. The quantitative estimate of drug-likeness (QED) is 0.304. The third kappa shape index (κ3) is 7.27. The maximum Gasteiger partial charge on any atom is 0.263 e. The first-order chi connectivity index (χ1) is 15.0. The summed E-state index contributed by atoms with van der Waals surface area (Å²) in [5.41, 5.74) is 2.03. The van der Waals surface area contributed by atoms with Crippen LogP contribution in [0.3, 0.4) is 0 Å². The largest absolute Gasteiger partial charge is 0.491 e. The average Bonchev–Trinajstić information content (AvgIpc) is 3.06. The second-order valence-corrected chi connectivity index (χ2v) is 8.33. The van der Waals surface area contributed by atoms with Crippen LogP contribution in [0.5, 0.6) is 17.2 Å². The molecular formula is C23H25NO5S2. The lowest BCUT2D eigenvalue weighted by atomic mass is 10.2. The smallest absolute Gasteiger partial charge is 0.263 e. The van der Waals surface area contributed by atoms with Gasteiger partial charge in [0.2, 0.25) is 0 Å². The van der Waals surface area contributed by atoms with Crippen LogP contribution in [0.1, 0.15) is 18.1 Å². The Bertz CT molecular complexity index is 943. The van der Waals surface area contributed by atoms with Crippen molar-refractivity contribution in [2.45, 2.75) is 13.8 Å². The van der Waals surface area contributed by atoms with Gasteiger partial charge in [0.15, 0.2) is 11.5 Å². The van der Waals surface area contributed by atoms with E-state index in [0.717, 1.165) is 11.3 Å². The Morgan fingerprint density at radius 2 is 1.71 bits per heavy atom. The SMILES string of the molecule is CCOc1cc(/C=C2\SC(=S)NC2=O)ccc1OCCOCCOc1ccc(C)cc1. The minimum absolute atomic E-state index is 0.184. The Kier molecular flexibility index (Phi) is 8.75. The molecule has 0 aliphatic carbocycles. The Morgan fingerprint density at radius 3 is 2.39 bits per heavy atom. The Hall–Kier alpha value is -2.55. The van der Waals surface area contributed by atoms with E-state index in [9.17, 15) is 4.79 Å². The van der Waals surface area contributed by atoms with Gasteiger partial charge in [-0.2, -0.15) is 0 Å². The van der Waals surface area contributed by atoms with E-state index in [4.69, 9.17) is 31.2 Å². The van der Waals surface area contributed by atoms with Gasteiger partial charge in [-0.15, -0.1) is 0 Å². The highest BCUT2D eigenvalue weighted by molar-refractivity contribution is 8.26. The number of nitrogens with one attached hydrogen (secondary N) is 1. The van der Waals surface area contributed by atoms with Crippen LogP contribution in [0.15, 0.2) is 47.4 Å². The summed E-state index contributed by atoms with van der Waals surface area (Å²) >= 11 is 6.27. The van der Waals surface area contributed by atoms with Gasteiger partial charge in [-0.05, 0) is 49.8 Å². The molecule has 1 aliphatic heterocycles. The minimum Gasteiger partial charge on any atom is -0.491 e. The van der Waals surface area contributed by atoms with E-state index < -0.39 is 0 Å². The highest BCUT2D eigenvalue weighted by Gasteiger charge is 2.22. The van der Waals surface area contributed by atoms with Crippen LogP contribution in [-0.4, -0.2) is 43.3 Å². The lowest BCUT2D eigenvalue weighted by Gasteiger charge is -2.13. The topological polar surface area (TPSA) is 66.0 Å². The second-order valence-electron chi connectivity index (χ2n) is 6.61. The molecule has 164 valence electrons. The van der Waals surface area contributed by atoms with E-state index in [-0.39, 0.29) is 5.91 Å². The maximum absolute atomic E-state index is 11.8. The van der Waals surface area contributed by atoms with Crippen molar-refractivity contribution in [3.8, 4) is 17.2 Å². The van der Waals surface area contributed by atoms with Crippen molar-refractivity contribution in [1.82, 2.24) is 5.32 Å². The van der Waals surface area contributed by atoms with Crippen molar-refractivity contribution < 1.29 is 23.7 Å². The van der Waals surface area contributed by atoms with E-state index in [1.165, 1.54) is 17.3 Å². The van der Waals surface area contributed by atoms with Gasteiger partial charge in [0.25, 0.3) is 5.91 Å².